The number of carboxylic acids is 1. The molecular formula is C19H25NO3. The number of rotatable bonds is 4. The van der Waals surface area contributed by atoms with Gasteiger partial charge in [-0.25, -0.2) is 0 Å². The van der Waals surface area contributed by atoms with Crippen LogP contribution in [0.25, 0.3) is 0 Å². The molecule has 0 radical (unpaired) electrons. The Bertz CT molecular complexity index is 625. The van der Waals surface area contributed by atoms with E-state index in [1.54, 1.807) is 0 Å². The molecular weight excluding hydrogens is 290 g/mol. The van der Waals surface area contributed by atoms with Crippen molar-refractivity contribution in [2.45, 2.75) is 63.8 Å². The molecule has 1 amide bonds. The first-order valence-corrected chi connectivity index (χ1v) is 8.62. The summed E-state index contributed by atoms with van der Waals surface area (Å²) in [6, 6.07) is 6.30. The number of carbonyl (C=O) groups is 2. The molecule has 0 saturated heterocycles. The Kier molecular flexibility index (Phi) is 4.42. The van der Waals surface area contributed by atoms with Gasteiger partial charge in [-0.3, -0.25) is 9.59 Å². The molecule has 1 fully saturated rings. The molecule has 0 aromatic heterocycles. The van der Waals surface area contributed by atoms with Crippen LogP contribution in [0.5, 0.6) is 0 Å². The van der Waals surface area contributed by atoms with Crippen LogP contribution < -0.4 is 5.32 Å². The molecule has 2 unspecified atom stereocenters. The van der Waals surface area contributed by atoms with Crippen LogP contribution >= 0.6 is 0 Å². The standard InChI is InChI=1S/C19H25NO3/c1-19(10-3-2-7-16(19)18(22)23)20-17(21)12-13-8-9-14-5-4-6-15(14)11-13/h8-9,11,16H,2-7,10,12H2,1H3,(H,20,21)(H,22,23). The fraction of sp³-hybridized carbons (Fsp3) is 0.579. The van der Waals surface area contributed by atoms with E-state index in [1.807, 2.05) is 13.0 Å². The third-order valence-electron chi connectivity index (χ3n) is 5.46. The predicted molar refractivity (Wildman–Crippen MR) is 88.3 cm³/mol. The minimum Gasteiger partial charge on any atom is -0.481 e. The van der Waals surface area contributed by atoms with Crippen LogP contribution in [-0.2, 0) is 28.9 Å². The van der Waals surface area contributed by atoms with Gasteiger partial charge < -0.3 is 10.4 Å². The SMILES string of the molecule is CC1(NC(=O)Cc2ccc3c(c2)CCC3)CCCCC1C(=O)O. The number of benzene rings is 1. The number of fused-ring (bicyclic) bond motifs is 1. The van der Waals surface area contributed by atoms with Gasteiger partial charge in [-0.1, -0.05) is 31.0 Å². The summed E-state index contributed by atoms with van der Waals surface area (Å²) >= 11 is 0. The lowest BCUT2D eigenvalue weighted by Crippen LogP contribution is -2.55. The third kappa shape index (κ3) is 3.41. The smallest absolute Gasteiger partial charge is 0.308 e. The molecule has 4 heteroatoms. The van der Waals surface area contributed by atoms with Crippen LogP contribution in [0.1, 0.15) is 55.7 Å². The first-order valence-electron chi connectivity index (χ1n) is 8.62. The number of carbonyl (C=O) groups excluding carboxylic acids is 1. The maximum absolute atomic E-state index is 12.5. The second-order valence-electron chi connectivity index (χ2n) is 7.24. The molecule has 23 heavy (non-hydrogen) atoms. The Balaban J connectivity index is 1.67. The van der Waals surface area contributed by atoms with Gasteiger partial charge in [0.1, 0.15) is 0 Å². The Hall–Kier alpha value is -1.84. The van der Waals surface area contributed by atoms with Crippen molar-refractivity contribution >= 4 is 11.9 Å². The lowest BCUT2D eigenvalue weighted by Gasteiger charge is -2.39. The molecule has 0 heterocycles. The molecule has 1 aromatic carbocycles. The van der Waals surface area contributed by atoms with Crippen LogP contribution in [0, 0.1) is 5.92 Å². The molecule has 0 spiro atoms. The second kappa shape index (κ2) is 6.34. The van der Waals surface area contributed by atoms with Crippen molar-refractivity contribution in [3.63, 3.8) is 0 Å². The molecule has 3 rings (SSSR count). The van der Waals surface area contributed by atoms with Crippen LogP contribution in [-0.4, -0.2) is 22.5 Å². The maximum Gasteiger partial charge on any atom is 0.308 e. The quantitative estimate of drug-likeness (QED) is 0.898. The average Bonchev–Trinajstić information content (AvgIpc) is 2.94. The number of nitrogens with one attached hydrogen (secondary N) is 1. The summed E-state index contributed by atoms with van der Waals surface area (Å²) in [5.74, 6) is -1.36. The van der Waals surface area contributed by atoms with Crippen molar-refractivity contribution in [3.8, 4) is 0 Å². The maximum atomic E-state index is 12.5. The number of aryl methyl sites for hydroxylation is 2. The summed E-state index contributed by atoms with van der Waals surface area (Å²) in [6.45, 7) is 1.88. The van der Waals surface area contributed by atoms with Crippen molar-refractivity contribution in [2.75, 3.05) is 0 Å². The third-order valence-corrected chi connectivity index (χ3v) is 5.46. The van der Waals surface area contributed by atoms with E-state index < -0.39 is 17.4 Å². The largest absolute Gasteiger partial charge is 0.481 e. The van der Waals surface area contributed by atoms with E-state index in [1.165, 1.54) is 17.5 Å². The summed E-state index contributed by atoms with van der Waals surface area (Å²) < 4.78 is 0. The Labute approximate surface area is 137 Å². The van der Waals surface area contributed by atoms with Gasteiger partial charge in [0.25, 0.3) is 0 Å². The summed E-state index contributed by atoms with van der Waals surface area (Å²) in [5.41, 5.74) is 3.16. The van der Waals surface area contributed by atoms with Gasteiger partial charge in [-0.15, -0.1) is 0 Å². The zero-order valence-electron chi connectivity index (χ0n) is 13.7. The van der Waals surface area contributed by atoms with Crippen molar-refractivity contribution in [1.82, 2.24) is 5.32 Å². The van der Waals surface area contributed by atoms with E-state index in [0.29, 0.717) is 12.8 Å². The molecule has 1 saturated carbocycles. The summed E-state index contributed by atoms with van der Waals surface area (Å²) in [7, 11) is 0. The Morgan fingerprint density at radius 2 is 2.00 bits per heavy atom. The number of hydrogen-bond donors (Lipinski definition) is 2. The highest BCUT2D eigenvalue weighted by Crippen LogP contribution is 2.34. The van der Waals surface area contributed by atoms with Gasteiger partial charge in [0.2, 0.25) is 5.91 Å². The van der Waals surface area contributed by atoms with Gasteiger partial charge in [0.05, 0.1) is 17.9 Å². The first kappa shape index (κ1) is 16.0. The molecule has 2 aliphatic carbocycles. The van der Waals surface area contributed by atoms with Crippen molar-refractivity contribution in [1.29, 1.82) is 0 Å². The van der Waals surface area contributed by atoms with E-state index in [0.717, 1.165) is 37.7 Å². The predicted octanol–water partition coefficient (Wildman–Crippen LogP) is 2.87. The number of hydrogen-bond acceptors (Lipinski definition) is 2. The molecule has 124 valence electrons. The van der Waals surface area contributed by atoms with Crippen LogP contribution in [0.3, 0.4) is 0 Å². The van der Waals surface area contributed by atoms with Crippen LogP contribution in [0.15, 0.2) is 18.2 Å². The molecule has 0 bridgehead atoms. The number of amides is 1. The fourth-order valence-corrected chi connectivity index (χ4v) is 4.16. The molecule has 2 atom stereocenters. The minimum atomic E-state index is -0.801. The molecule has 2 N–H and O–H groups in total. The first-order chi connectivity index (χ1) is 11.0. The van der Waals surface area contributed by atoms with E-state index in [9.17, 15) is 14.7 Å². The Morgan fingerprint density at radius 3 is 2.78 bits per heavy atom. The van der Waals surface area contributed by atoms with Gasteiger partial charge in [-0.2, -0.15) is 0 Å². The Morgan fingerprint density at radius 1 is 1.22 bits per heavy atom. The highest BCUT2D eigenvalue weighted by Gasteiger charge is 2.42. The van der Waals surface area contributed by atoms with Crippen molar-refractivity contribution in [3.05, 3.63) is 34.9 Å². The summed E-state index contributed by atoms with van der Waals surface area (Å²) in [5, 5.41) is 12.5. The topological polar surface area (TPSA) is 66.4 Å². The minimum absolute atomic E-state index is 0.0707. The molecule has 0 aliphatic heterocycles. The zero-order valence-corrected chi connectivity index (χ0v) is 13.7. The lowest BCUT2D eigenvalue weighted by molar-refractivity contribution is -0.146. The lowest BCUT2D eigenvalue weighted by atomic mass is 9.74. The highest BCUT2D eigenvalue weighted by atomic mass is 16.4. The van der Waals surface area contributed by atoms with Crippen LogP contribution in [0.4, 0.5) is 0 Å². The second-order valence-corrected chi connectivity index (χ2v) is 7.24. The van der Waals surface area contributed by atoms with E-state index in [-0.39, 0.29) is 5.91 Å². The summed E-state index contributed by atoms with van der Waals surface area (Å²) in [6.07, 6.45) is 7.04. The van der Waals surface area contributed by atoms with Gasteiger partial charge in [0, 0.05) is 0 Å². The normalized spacial score (nSPS) is 26.6. The zero-order chi connectivity index (χ0) is 16.4. The summed E-state index contributed by atoms with van der Waals surface area (Å²) in [4.78, 5) is 23.9. The number of carboxylic acid groups (broad SMARTS) is 1. The monoisotopic (exact) mass is 315 g/mol. The van der Waals surface area contributed by atoms with Gasteiger partial charge >= 0.3 is 5.97 Å². The van der Waals surface area contributed by atoms with Crippen molar-refractivity contribution < 1.29 is 14.7 Å². The van der Waals surface area contributed by atoms with Gasteiger partial charge in [0.15, 0.2) is 0 Å². The van der Waals surface area contributed by atoms with Gasteiger partial charge in [-0.05, 0) is 55.7 Å². The van der Waals surface area contributed by atoms with E-state index in [4.69, 9.17) is 0 Å². The molecule has 4 nitrogen and oxygen atoms in total. The average molecular weight is 315 g/mol. The fourth-order valence-electron chi connectivity index (χ4n) is 4.16. The number of aliphatic carboxylic acids is 1. The van der Waals surface area contributed by atoms with Crippen molar-refractivity contribution in [2.24, 2.45) is 5.92 Å². The van der Waals surface area contributed by atoms with Crippen LogP contribution in [0.2, 0.25) is 0 Å². The molecule has 1 aromatic rings. The molecule has 2 aliphatic rings. The van der Waals surface area contributed by atoms with E-state index in [2.05, 4.69) is 17.4 Å². The highest BCUT2D eigenvalue weighted by molar-refractivity contribution is 5.81. The van der Waals surface area contributed by atoms with E-state index >= 15 is 0 Å².